The molecular formula is C13H10F4N2. The van der Waals surface area contributed by atoms with Gasteiger partial charge in [-0.05, 0) is 24.3 Å². The molecule has 0 amide bonds. The van der Waals surface area contributed by atoms with Crippen LogP contribution in [0.1, 0.15) is 11.1 Å². The number of hydrogen-bond acceptors (Lipinski definition) is 2. The first-order valence-corrected chi connectivity index (χ1v) is 5.32. The summed E-state index contributed by atoms with van der Waals surface area (Å²) in [5.74, 6) is -6.80. The molecule has 0 aromatic heterocycles. The van der Waals surface area contributed by atoms with E-state index in [2.05, 4.69) is 0 Å². The second kappa shape index (κ2) is 4.46. The molecule has 2 rings (SSSR count). The highest BCUT2D eigenvalue weighted by atomic mass is 19.3. The molecule has 100 valence electrons. The highest BCUT2D eigenvalue weighted by molar-refractivity contribution is 5.47. The van der Waals surface area contributed by atoms with E-state index >= 15 is 0 Å². The Hall–Kier alpha value is -2.24. The summed E-state index contributed by atoms with van der Waals surface area (Å²) in [5, 5.41) is 0. The van der Waals surface area contributed by atoms with Crippen LogP contribution in [0.15, 0.2) is 36.4 Å². The average molecular weight is 270 g/mol. The third kappa shape index (κ3) is 2.21. The van der Waals surface area contributed by atoms with Crippen molar-refractivity contribution in [3.8, 4) is 0 Å². The molecule has 6 heteroatoms. The van der Waals surface area contributed by atoms with Crippen molar-refractivity contribution in [2.75, 3.05) is 11.5 Å². The van der Waals surface area contributed by atoms with Gasteiger partial charge in [0.25, 0.3) is 0 Å². The smallest absolute Gasteiger partial charge is 0.301 e. The van der Waals surface area contributed by atoms with Gasteiger partial charge in [-0.1, -0.05) is 12.1 Å². The van der Waals surface area contributed by atoms with E-state index in [1.807, 2.05) is 0 Å². The van der Waals surface area contributed by atoms with E-state index in [4.69, 9.17) is 11.5 Å². The normalized spacial score (nSPS) is 11.6. The Morgan fingerprint density at radius 2 is 1.37 bits per heavy atom. The molecule has 0 saturated heterocycles. The van der Waals surface area contributed by atoms with E-state index in [1.165, 1.54) is 12.1 Å². The van der Waals surface area contributed by atoms with Gasteiger partial charge in [0.1, 0.15) is 0 Å². The lowest BCUT2D eigenvalue weighted by atomic mass is 9.99. The molecular weight excluding hydrogens is 260 g/mol. The van der Waals surface area contributed by atoms with Crippen molar-refractivity contribution >= 4 is 11.4 Å². The summed E-state index contributed by atoms with van der Waals surface area (Å²) in [6, 6.07) is 6.30. The van der Waals surface area contributed by atoms with Gasteiger partial charge in [0.15, 0.2) is 11.6 Å². The molecule has 0 heterocycles. The summed E-state index contributed by atoms with van der Waals surface area (Å²) in [5.41, 5.74) is 8.73. The SMILES string of the molecule is Nc1ccc(C(F)(F)c2ccc(N)c(F)c2F)cc1. The largest absolute Gasteiger partial charge is 0.399 e. The highest BCUT2D eigenvalue weighted by Gasteiger charge is 2.38. The summed E-state index contributed by atoms with van der Waals surface area (Å²) in [7, 11) is 0. The van der Waals surface area contributed by atoms with Crippen molar-refractivity contribution in [3.05, 3.63) is 59.2 Å². The monoisotopic (exact) mass is 270 g/mol. The van der Waals surface area contributed by atoms with Gasteiger partial charge < -0.3 is 11.5 Å². The molecule has 0 aliphatic carbocycles. The van der Waals surface area contributed by atoms with E-state index in [-0.39, 0.29) is 0 Å². The van der Waals surface area contributed by atoms with Crippen LogP contribution in [0.25, 0.3) is 0 Å². The predicted octanol–water partition coefficient (Wildman–Crippen LogP) is 3.27. The van der Waals surface area contributed by atoms with Crippen molar-refractivity contribution in [2.45, 2.75) is 5.92 Å². The van der Waals surface area contributed by atoms with Crippen LogP contribution in [0.2, 0.25) is 0 Å². The minimum absolute atomic E-state index is 0.295. The lowest BCUT2D eigenvalue weighted by Crippen LogP contribution is -2.18. The number of anilines is 2. The van der Waals surface area contributed by atoms with Crippen molar-refractivity contribution < 1.29 is 17.6 Å². The number of nitrogen functional groups attached to an aromatic ring is 2. The van der Waals surface area contributed by atoms with E-state index in [0.717, 1.165) is 24.3 Å². The van der Waals surface area contributed by atoms with Gasteiger partial charge in [-0.15, -0.1) is 0 Å². The molecule has 2 aromatic carbocycles. The Labute approximate surface area is 106 Å². The first kappa shape index (κ1) is 13.2. The van der Waals surface area contributed by atoms with Crippen molar-refractivity contribution in [3.63, 3.8) is 0 Å². The predicted molar refractivity (Wildman–Crippen MR) is 64.6 cm³/mol. The van der Waals surface area contributed by atoms with Gasteiger partial charge in [-0.3, -0.25) is 0 Å². The zero-order chi connectivity index (χ0) is 14.2. The Kier molecular flexibility index (Phi) is 3.09. The van der Waals surface area contributed by atoms with E-state index in [9.17, 15) is 17.6 Å². The Morgan fingerprint density at radius 3 is 1.95 bits per heavy atom. The maximum absolute atomic E-state index is 14.1. The third-order valence-corrected chi connectivity index (χ3v) is 2.72. The maximum Gasteiger partial charge on any atom is 0.301 e. The van der Waals surface area contributed by atoms with Gasteiger partial charge in [0.2, 0.25) is 0 Å². The van der Waals surface area contributed by atoms with Gasteiger partial charge in [0.05, 0.1) is 11.3 Å². The van der Waals surface area contributed by atoms with Crippen LogP contribution in [0.5, 0.6) is 0 Å². The minimum Gasteiger partial charge on any atom is -0.399 e. The summed E-state index contributed by atoms with van der Waals surface area (Å²) in [6.07, 6.45) is 0. The Morgan fingerprint density at radius 1 is 0.789 bits per heavy atom. The summed E-state index contributed by atoms with van der Waals surface area (Å²) < 4.78 is 55.0. The lowest BCUT2D eigenvalue weighted by molar-refractivity contribution is 0.0382. The number of nitrogens with two attached hydrogens (primary N) is 2. The molecule has 4 N–H and O–H groups in total. The molecule has 0 radical (unpaired) electrons. The van der Waals surface area contributed by atoms with Crippen molar-refractivity contribution in [1.82, 2.24) is 0 Å². The van der Waals surface area contributed by atoms with Gasteiger partial charge >= 0.3 is 5.92 Å². The van der Waals surface area contributed by atoms with Crippen LogP contribution < -0.4 is 11.5 Å². The molecule has 0 fully saturated rings. The quantitative estimate of drug-likeness (QED) is 0.650. The molecule has 0 atom stereocenters. The van der Waals surface area contributed by atoms with Crippen molar-refractivity contribution in [1.29, 1.82) is 0 Å². The van der Waals surface area contributed by atoms with Crippen LogP contribution in [0.3, 0.4) is 0 Å². The van der Waals surface area contributed by atoms with Gasteiger partial charge in [-0.25, -0.2) is 8.78 Å². The van der Waals surface area contributed by atoms with Gasteiger partial charge in [0, 0.05) is 11.3 Å². The van der Waals surface area contributed by atoms with Crippen LogP contribution in [0, 0.1) is 11.6 Å². The second-order valence-electron chi connectivity index (χ2n) is 4.03. The minimum atomic E-state index is -3.67. The number of rotatable bonds is 2. The number of benzene rings is 2. The fraction of sp³-hybridized carbons (Fsp3) is 0.0769. The molecule has 0 aliphatic rings. The van der Waals surface area contributed by atoms with Crippen LogP contribution in [-0.4, -0.2) is 0 Å². The first-order valence-electron chi connectivity index (χ1n) is 5.32. The standard InChI is InChI=1S/C13H10F4N2/c14-11-9(5-6-10(19)12(11)15)13(16,17)7-1-3-8(18)4-2-7/h1-6H,18-19H2. The topological polar surface area (TPSA) is 52.0 Å². The molecule has 0 bridgehead atoms. The zero-order valence-corrected chi connectivity index (χ0v) is 9.63. The fourth-order valence-corrected chi connectivity index (χ4v) is 1.65. The van der Waals surface area contributed by atoms with Crippen LogP contribution in [0.4, 0.5) is 28.9 Å². The van der Waals surface area contributed by atoms with Gasteiger partial charge in [-0.2, -0.15) is 8.78 Å². The highest BCUT2D eigenvalue weighted by Crippen LogP contribution is 2.38. The molecule has 0 spiro atoms. The third-order valence-electron chi connectivity index (χ3n) is 2.72. The number of halogens is 4. The van der Waals surface area contributed by atoms with Crippen LogP contribution in [-0.2, 0) is 5.92 Å². The molecule has 0 aliphatic heterocycles. The number of alkyl halides is 2. The molecule has 2 nitrogen and oxygen atoms in total. The number of hydrogen-bond donors (Lipinski definition) is 2. The molecule has 0 saturated carbocycles. The summed E-state index contributed by atoms with van der Waals surface area (Å²) >= 11 is 0. The van der Waals surface area contributed by atoms with E-state index in [0.29, 0.717) is 5.69 Å². The average Bonchev–Trinajstić information content (AvgIpc) is 2.36. The molecule has 2 aromatic rings. The Bertz CT molecular complexity index is 609. The summed E-state index contributed by atoms with van der Waals surface area (Å²) in [6.45, 7) is 0. The van der Waals surface area contributed by atoms with E-state index < -0.39 is 34.4 Å². The maximum atomic E-state index is 14.1. The van der Waals surface area contributed by atoms with E-state index in [1.54, 1.807) is 0 Å². The first-order chi connectivity index (χ1) is 8.84. The Balaban J connectivity index is 2.56. The molecule has 19 heavy (non-hydrogen) atoms. The van der Waals surface area contributed by atoms with Crippen molar-refractivity contribution in [2.24, 2.45) is 0 Å². The zero-order valence-electron chi connectivity index (χ0n) is 9.63. The fourth-order valence-electron chi connectivity index (χ4n) is 1.65. The van der Waals surface area contributed by atoms with Crippen LogP contribution >= 0.6 is 0 Å². The summed E-state index contributed by atoms with van der Waals surface area (Å²) in [4.78, 5) is 0. The lowest BCUT2D eigenvalue weighted by Gasteiger charge is -2.18. The second-order valence-corrected chi connectivity index (χ2v) is 4.03. The molecule has 0 unspecified atom stereocenters.